The Bertz CT molecular complexity index is 788. The minimum absolute atomic E-state index is 0.0357. The maximum absolute atomic E-state index is 12.5. The van der Waals surface area contributed by atoms with E-state index < -0.39 is 0 Å². The zero-order valence-electron chi connectivity index (χ0n) is 15.4. The number of carbonyl (C=O) groups is 2. The molecule has 9 nitrogen and oxygen atoms in total. The highest BCUT2D eigenvalue weighted by Gasteiger charge is 2.27. The summed E-state index contributed by atoms with van der Waals surface area (Å²) in [5, 5.41) is 10.8. The maximum atomic E-state index is 12.5. The highest BCUT2D eigenvalue weighted by molar-refractivity contribution is 5.80. The molecule has 1 aliphatic heterocycles. The number of nitrogens with one attached hydrogen (secondary N) is 1. The van der Waals surface area contributed by atoms with Gasteiger partial charge in [-0.05, 0) is 39.7 Å². The molecule has 1 N–H and O–H groups in total. The Morgan fingerprint density at radius 3 is 2.58 bits per heavy atom. The smallest absolute Gasteiger partial charge is 0.246 e. The molecule has 0 spiro atoms. The van der Waals surface area contributed by atoms with Crippen LogP contribution in [0.4, 0.5) is 0 Å². The van der Waals surface area contributed by atoms with Gasteiger partial charge in [-0.25, -0.2) is 0 Å². The zero-order valence-corrected chi connectivity index (χ0v) is 15.4. The summed E-state index contributed by atoms with van der Waals surface area (Å²) < 4.78 is 6.71. The number of aryl methyl sites for hydroxylation is 3. The normalized spacial score (nSPS) is 15.3. The van der Waals surface area contributed by atoms with Gasteiger partial charge in [0.25, 0.3) is 0 Å². The largest absolute Gasteiger partial charge is 0.347 e. The Balaban J connectivity index is 1.45. The van der Waals surface area contributed by atoms with Crippen LogP contribution in [0.5, 0.6) is 0 Å². The van der Waals surface area contributed by atoms with Crippen molar-refractivity contribution < 1.29 is 14.1 Å². The first-order chi connectivity index (χ1) is 12.4. The fraction of sp³-hybridized carbons (Fsp3) is 0.588. The van der Waals surface area contributed by atoms with Crippen LogP contribution in [-0.2, 0) is 22.7 Å². The molecule has 2 aromatic heterocycles. The first kappa shape index (κ1) is 18.1. The summed E-state index contributed by atoms with van der Waals surface area (Å²) in [7, 11) is 0. The zero-order chi connectivity index (χ0) is 18.7. The van der Waals surface area contributed by atoms with E-state index in [1.54, 1.807) is 11.6 Å². The van der Waals surface area contributed by atoms with Gasteiger partial charge in [0.1, 0.15) is 6.54 Å². The van der Waals surface area contributed by atoms with Crippen LogP contribution in [0.1, 0.15) is 35.9 Å². The van der Waals surface area contributed by atoms with E-state index in [4.69, 9.17) is 4.52 Å². The lowest BCUT2D eigenvalue weighted by atomic mass is 9.96. The molecule has 1 saturated heterocycles. The van der Waals surface area contributed by atoms with Gasteiger partial charge in [-0.15, -0.1) is 0 Å². The molecule has 9 heteroatoms. The summed E-state index contributed by atoms with van der Waals surface area (Å²) in [5.74, 6) is 0.844. The molecule has 2 aromatic rings. The number of amides is 2. The molecule has 0 saturated carbocycles. The van der Waals surface area contributed by atoms with E-state index in [2.05, 4.69) is 20.6 Å². The number of likely N-dealkylation sites (tertiary alicyclic amines) is 1. The van der Waals surface area contributed by atoms with Crippen LogP contribution in [0.2, 0.25) is 0 Å². The summed E-state index contributed by atoms with van der Waals surface area (Å²) in [6.45, 7) is 7.21. The molecule has 0 atom stereocenters. The van der Waals surface area contributed by atoms with Crippen molar-refractivity contribution in [3.05, 3.63) is 29.2 Å². The molecule has 3 heterocycles. The van der Waals surface area contributed by atoms with Crippen LogP contribution < -0.4 is 5.32 Å². The average molecular weight is 360 g/mol. The van der Waals surface area contributed by atoms with Gasteiger partial charge in [-0.1, -0.05) is 5.16 Å². The summed E-state index contributed by atoms with van der Waals surface area (Å²) in [5.41, 5.74) is 1.88. The lowest BCUT2D eigenvalue weighted by Gasteiger charge is -2.31. The Labute approximate surface area is 151 Å². The van der Waals surface area contributed by atoms with Crippen LogP contribution in [0, 0.1) is 26.7 Å². The molecule has 1 fully saturated rings. The van der Waals surface area contributed by atoms with E-state index in [1.165, 1.54) is 0 Å². The fourth-order valence-electron chi connectivity index (χ4n) is 3.17. The van der Waals surface area contributed by atoms with Gasteiger partial charge in [-0.2, -0.15) is 10.1 Å². The topological polar surface area (TPSA) is 106 Å². The summed E-state index contributed by atoms with van der Waals surface area (Å²) in [6, 6.07) is 1.95. The van der Waals surface area contributed by atoms with Crippen molar-refractivity contribution in [3.63, 3.8) is 0 Å². The first-order valence-corrected chi connectivity index (χ1v) is 8.78. The van der Waals surface area contributed by atoms with Gasteiger partial charge >= 0.3 is 0 Å². The number of piperidine rings is 1. The van der Waals surface area contributed by atoms with Gasteiger partial charge in [0.2, 0.25) is 17.7 Å². The molecule has 3 rings (SSSR count). The average Bonchev–Trinajstić information content (AvgIpc) is 3.17. The van der Waals surface area contributed by atoms with Crippen molar-refractivity contribution in [2.75, 3.05) is 13.1 Å². The molecular formula is C17H24N6O3. The van der Waals surface area contributed by atoms with Crippen molar-refractivity contribution in [2.45, 2.75) is 46.7 Å². The van der Waals surface area contributed by atoms with Crippen LogP contribution in [-0.4, -0.2) is 49.7 Å². The third-order valence-corrected chi connectivity index (χ3v) is 4.59. The van der Waals surface area contributed by atoms with Crippen LogP contribution >= 0.6 is 0 Å². The van der Waals surface area contributed by atoms with E-state index in [9.17, 15) is 9.59 Å². The van der Waals surface area contributed by atoms with E-state index in [-0.39, 0.29) is 30.8 Å². The van der Waals surface area contributed by atoms with Crippen molar-refractivity contribution in [2.24, 2.45) is 5.92 Å². The van der Waals surface area contributed by atoms with E-state index in [0.717, 1.165) is 11.4 Å². The number of rotatable bonds is 5. The van der Waals surface area contributed by atoms with Crippen molar-refractivity contribution in [1.82, 2.24) is 30.1 Å². The SMILES string of the molecule is Cc1cc(C)n(CC(=O)N2CCC(C(=O)NCc3nc(C)no3)CC2)n1. The van der Waals surface area contributed by atoms with E-state index in [1.807, 2.05) is 24.8 Å². The number of nitrogens with zero attached hydrogens (tertiary/aromatic N) is 5. The molecule has 0 unspecified atom stereocenters. The molecule has 2 amide bonds. The predicted octanol–water partition coefficient (Wildman–Crippen LogP) is 0.746. The Morgan fingerprint density at radius 1 is 1.27 bits per heavy atom. The first-order valence-electron chi connectivity index (χ1n) is 8.78. The van der Waals surface area contributed by atoms with Crippen LogP contribution in [0.3, 0.4) is 0 Å². The van der Waals surface area contributed by atoms with Crippen molar-refractivity contribution in [1.29, 1.82) is 0 Å². The molecular weight excluding hydrogens is 336 g/mol. The quantitative estimate of drug-likeness (QED) is 0.843. The highest BCUT2D eigenvalue weighted by Crippen LogP contribution is 2.18. The molecule has 0 aromatic carbocycles. The molecule has 1 aliphatic rings. The van der Waals surface area contributed by atoms with Crippen LogP contribution in [0.25, 0.3) is 0 Å². The van der Waals surface area contributed by atoms with E-state index >= 15 is 0 Å². The molecule has 0 radical (unpaired) electrons. The third kappa shape index (κ3) is 4.27. The van der Waals surface area contributed by atoms with Gasteiger partial charge < -0.3 is 14.7 Å². The maximum Gasteiger partial charge on any atom is 0.246 e. The van der Waals surface area contributed by atoms with Crippen molar-refractivity contribution >= 4 is 11.8 Å². The van der Waals surface area contributed by atoms with E-state index in [0.29, 0.717) is 37.6 Å². The second-order valence-corrected chi connectivity index (χ2v) is 6.69. The third-order valence-electron chi connectivity index (χ3n) is 4.59. The van der Waals surface area contributed by atoms with Gasteiger partial charge in [0, 0.05) is 24.7 Å². The number of hydrogen-bond donors (Lipinski definition) is 1. The lowest BCUT2D eigenvalue weighted by Crippen LogP contribution is -2.44. The van der Waals surface area contributed by atoms with Gasteiger partial charge in [0.15, 0.2) is 5.82 Å². The second-order valence-electron chi connectivity index (χ2n) is 6.69. The molecule has 26 heavy (non-hydrogen) atoms. The molecule has 0 aliphatic carbocycles. The highest BCUT2D eigenvalue weighted by atomic mass is 16.5. The molecule has 140 valence electrons. The second kappa shape index (κ2) is 7.67. The number of aromatic nitrogens is 4. The number of hydrogen-bond acceptors (Lipinski definition) is 6. The summed E-state index contributed by atoms with van der Waals surface area (Å²) in [4.78, 5) is 30.6. The standard InChI is InChI=1S/C17H24N6O3/c1-11-8-12(2)23(20-11)10-16(24)22-6-4-14(5-7-22)17(25)18-9-15-19-13(3)21-26-15/h8,14H,4-7,9-10H2,1-3H3,(H,18,25). The Kier molecular flexibility index (Phi) is 5.34. The predicted molar refractivity (Wildman–Crippen MR) is 91.9 cm³/mol. The monoisotopic (exact) mass is 360 g/mol. The van der Waals surface area contributed by atoms with Crippen molar-refractivity contribution in [3.8, 4) is 0 Å². The minimum Gasteiger partial charge on any atom is -0.347 e. The Hall–Kier alpha value is -2.71. The van der Waals surface area contributed by atoms with Crippen LogP contribution in [0.15, 0.2) is 10.6 Å². The molecule has 0 bridgehead atoms. The minimum atomic E-state index is -0.100. The summed E-state index contributed by atoms with van der Waals surface area (Å²) >= 11 is 0. The fourth-order valence-corrected chi connectivity index (χ4v) is 3.17. The lowest BCUT2D eigenvalue weighted by molar-refractivity contribution is -0.136. The summed E-state index contributed by atoms with van der Waals surface area (Å²) in [6.07, 6.45) is 1.30. The van der Waals surface area contributed by atoms with Gasteiger partial charge in [-0.3, -0.25) is 14.3 Å². The number of carbonyl (C=O) groups excluding carboxylic acids is 2. The Morgan fingerprint density at radius 2 is 2.00 bits per heavy atom. The van der Waals surface area contributed by atoms with Gasteiger partial charge in [0.05, 0.1) is 12.2 Å².